The van der Waals surface area contributed by atoms with Crippen molar-refractivity contribution in [3.8, 4) is 0 Å². The van der Waals surface area contributed by atoms with Crippen molar-refractivity contribution in [3.05, 3.63) is 16.3 Å². The summed E-state index contributed by atoms with van der Waals surface area (Å²) >= 11 is 1.07. The molecule has 0 fully saturated rings. The molecule has 0 spiro atoms. The van der Waals surface area contributed by atoms with Gasteiger partial charge in [-0.05, 0) is 31.4 Å². The SMILES string of the molecule is CCN(CC)CC(C)Nc1ncc([N+](=O)[O-])s1. The molecule has 0 aliphatic carbocycles. The Kier molecular flexibility index (Phi) is 5.30. The van der Waals surface area contributed by atoms with Gasteiger partial charge in [-0.25, -0.2) is 4.98 Å². The van der Waals surface area contributed by atoms with Crippen LogP contribution >= 0.6 is 11.3 Å². The lowest BCUT2D eigenvalue weighted by molar-refractivity contribution is -0.380. The predicted octanol–water partition coefficient (Wildman–Crippen LogP) is 2.19. The van der Waals surface area contributed by atoms with Crippen molar-refractivity contribution in [1.29, 1.82) is 0 Å². The second kappa shape index (κ2) is 6.51. The summed E-state index contributed by atoms with van der Waals surface area (Å²) in [6, 6.07) is 0.223. The van der Waals surface area contributed by atoms with Crippen LogP contribution in [0.4, 0.5) is 10.1 Å². The minimum absolute atomic E-state index is 0.0718. The molecular formula is C10H18N4O2S. The number of hydrogen-bond donors (Lipinski definition) is 1. The minimum Gasteiger partial charge on any atom is -0.358 e. The summed E-state index contributed by atoms with van der Waals surface area (Å²) in [6.45, 7) is 9.18. The molecule has 1 aromatic heterocycles. The molecule has 0 bridgehead atoms. The number of nitro groups is 1. The van der Waals surface area contributed by atoms with E-state index in [-0.39, 0.29) is 11.0 Å². The lowest BCUT2D eigenvalue weighted by atomic mass is 10.3. The second-order valence-electron chi connectivity index (χ2n) is 3.79. The Labute approximate surface area is 105 Å². The first-order valence-electron chi connectivity index (χ1n) is 5.65. The lowest BCUT2D eigenvalue weighted by Crippen LogP contribution is -2.34. The Morgan fingerprint density at radius 2 is 2.24 bits per heavy atom. The molecule has 0 amide bonds. The van der Waals surface area contributed by atoms with Crippen molar-refractivity contribution in [3.63, 3.8) is 0 Å². The summed E-state index contributed by atoms with van der Waals surface area (Å²) in [5.74, 6) is 0. The molecule has 1 heterocycles. The number of thiazole rings is 1. The molecule has 0 aromatic carbocycles. The van der Waals surface area contributed by atoms with Gasteiger partial charge in [0.1, 0.15) is 6.20 Å². The maximum Gasteiger partial charge on any atom is 0.345 e. The fourth-order valence-corrected chi connectivity index (χ4v) is 2.29. The van der Waals surface area contributed by atoms with Gasteiger partial charge in [0.05, 0.1) is 4.92 Å². The monoisotopic (exact) mass is 258 g/mol. The second-order valence-corrected chi connectivity index (χ2v) is 4.80. The number of hydrogen-bond acceptors (Lipinski definition) is 6. The van der Waals surface area contributed by atoms with Gasteiger partial charge in [-0.1, -0.05) is 13.8 Å². The van der Waals surface area contributed by atoms with E-state index in [1.54, 1.807) is 0 Å². The zero-order valence-electron chi connectivity index (χ0n) is 10.3. The van der Waals surface area contributed by atoms with Gasteiger partial charge in [-0.15, -0.1) is 0 Å². The number of rotatable bonds is 7. The zero-order chi connectivity index (χ0) is 12.8. The van der Waals surface area contributed by atoms with E-state index < -0.39 is 4.92 Å². The molecule has 0 aliphatic heterocycles. The summed E-state index contributed by atoms with van der Waals surface area (Å²) in [5.41, 5.74) is 0. The fourth-order valence-electron chi connectivity index (χ4n) is 1.54. The number of anilines is 1. The first-order valence-corrected chi connectivity index (χ1v) is 6.47. The Balaban J connectivity index is 2.49. The number of nitrogens with one attached hydrogen (secondary N) is 1. The minimum atomic E-state index is -0.419. The predicted molar refractivity (Wildman–Crippen MR) is 69.6 cm³/mol. The standard InChI is InChI=1S/C10H18N4O2S/c1-4-13(5-2)7-8(3)12-10-11-6-9(17-10)14(15)16/h6,8H,4-5,7H2,1-3H3,(H,11,12). The van der Waals surface area contributed by atoms with Crippen LogP contribution in [0.15, 0.2) is 6.20 Å². The van der Waals surface area contributed by atoms with Crippen molar-refractivity contribution in [2.24, 2.45) is 0 Å². The van der Waals surface area contributed by atoms with E-state index in [2.05, 4.69) is 29.0 Å². The normalized spacial score (nSPS) is 12.7. The molecule has 0 saturated carbocycles. The summed E-state index contributed by atoms with van der Waals surface area (Å²) in [6.07, 6.45) is 1.29. The molecule has 0 aliphatic rings. The first kappa shape index (κ1) is 13.9. The van der Waals surface area contributed by atoms with Crippen LogP contribution in [0, 0.1) is 10.1 Å². The molecule has 1 unspecified atom stereocenters. The Morgan fingerprint density at radius 3 is 2.71 bits per heavy atom. The smallest absolute Gasteiger partial charge is 0.345 e. The number of nitrogens with zero attached hydrogens (tertiary/aromatic N) is 3. The van der Waals surface area contributed by atoms with Crippen molar-refractivity contribution in [2.75, 3.05) is 25.0 Å². The van der Waals surface area contributed by atoms with Crippen LogP contribution in [0.2, 0.25) is 0 Å². The first-order chi connectivity index (χ1) is 8.06. The van der Waals surface area contributed by atoms with Crippen LogP contribution in [0.25, 0.3) is 0 Å². The Hall–Kier alpha value is -1.21. The summed E-state index contributed by atoms with van der Waals surface area (Å²) in [7, 11) is 0. The van der Waals surface area contributed by atoms with Gasteiger partial charge in [-0.2, -0.15) is 0 Å². The third-order valence-electron chi connectivity index (χ3n) is 2.47. The molecular weight excluding hydrogens is 240 g/mol. The molecule has 1 N–H and O–H groups in total. The van der Waals surface area contributed by atoms with E-state index in [0.717, 1.165) is 31.0 Å². The molecule has 1 aromatic rings. The van der Waals surface area contributed by atoms with Gasteiger partial charge in [-0.3, -0.25) is 10.1 Å². The van der Waals surface area contributed by atoms with Gasteiger partial charge in [0.15, 0.2) is 5.13 Å². The van der Waals surface area contributed by atoms with Crippen molar-refractivity contribution in [2.45, 2.75) is 26.8 Å². The third-order valence-corrected chi connectivity index (χ3v) is 3.35. The highest BCUT2D eigenvalue weighted by atomic mass is 32.1. The molecule has 1 atom stereocenters. The number of aromatic nitrogens is 1. The average Bonchev–Trinajstić information content (AvgIpc) is 2.74. The van der Waals surface area contributed by atoms with Crippen LogP contribution in [0.3, 0.4) is 0 Å². The van der Waals surface area contributed by atoms with Gasteiger partial charge < -0.3 is 10.2 Å². The van der Waals surface area contributed by atoms with Gasteiger partial charge in [0.25, 0.3) is 0 Å². The van der Waals surface area contributed by atoms with E-state index in [4.69, 9.17) is 0 Å². The van der Waals surface area contributed by atoms with E-state index in [1.807, 2.05) is 6.92 Å². The molecule has 96 valence electrons. The van der Waals surface area contributed by atoms with Gasteiger partial charge in [0.2, 0.25) is 0 Å². The maximum atomic E-state index is 10.5. The largest absolute Gasteiger partial charge is 0.358 e. The van der Waals surface area contributed by atoms with Gasteiger partial charge >= 0.3 is 5.00 Å². The van der Waals surface area contributed by atoms with E-state index in [9.17, 15) is 10.1 Å². The van der Waals surface area contributed by atoms with Crippen LogP contribution in [-0.2, 0) is 0 Å². The average molecular weight is 258 g/mol. The van der Waals surface area contributed by atoms with E-state index in [0.29, 0.717) is 5.13 Å². The molecule has 17 heavy (non-hydrogen) atoms. The molecule has 0 radical (unpaired) electrons. The zero-order valence-corrected chi connectivity index (χ0v) is 11.2. The highest BCUT2D eigenvalue weighted by Gasteiger charge is 2.13. The van der Waals surface area contributed by atoms with Crippen LogP contribution in [-0.4, -0.2) is 40.5 Å². The van der Waals surface area contributed by atoms with Crippen molar-refractivity contribution >= 4 is 21.5 Å². The van der Waals surface area contributed by atoms with Crippen molar-refractivity contribution < 1.29 is 4.92 Å². The van der Waals surface area contributed by atoms with E-state index >= 15 is 0 Å². The summed E-state index contributed by atoms with van der Waals surface area (Å²) in [4.78, 5) is 16.4. The van der Waals surface area contributed by atoms with E-state index in [1.165, 1.54) is 6.20 Å². The highest BCUT2D eigenvalue weighted by molar-refractivity contribution is 7.18. The van der Waals surface area contributed by atoms with Crippen molar-refractivity contribution in [1.82, 2.24) is 9.88 Å². The quantitative estimate of drug-likeness (QED) is 0.599. The molecule has 0 saturated heterocycles. The summed E-state index contributed by atoms with van der Waals surface area (Å²) < 4.78 is 0. The lowest BCUT2D eigenvalue weighted by Gasteiger charge is -2.22. The van der Waals surface area contributed by atoms with Gasteiger partial charge in [0, 0.05) is 12.6 Å². The third kappa shape index (κ3) is 4.27. The molecule has 6 nitrogen and oxygen atoms in total. The Morgan fingerprint density at radius 1 is 1.59 bits per heavy atom. The molecule has 1 rings (SSSR count). The van der Waals surface area contributed by atoms with Crippen LogP contribution in [0.1, 0.15) is 20.8 Å². The topological polar surface area (TPSA) is 71.3 Å². The highest BCUT2D eigenvalue weighted by Crippen LogP contribution is 2.25. The fraction of sp³-hybridized carbons (Fsp3) is 0.700. The van der Waals surface area contributed by atoms with Crippen LogP contribution in [0.5, 0.6) is 0 Å². The molecule has 7 heteroatoms. The number of likely N-dealkylation sites (N-methyl/N-ethyl adjacent to an activating group) is 1. The Bertz CT molecular complexity index is 365. The maximum absolute atomic E-state index is 10.5. The van der Waals surface area contributed by atoms with Crippen LogP contribution < -0.4 is 5.32 Å². The summed E-state index contributed by atoms with van der Waals surface area (Å²) in [5, 5.41) is 14.4.